The van der Waals surface area contributed by atoms with Crippen molar-refractivity contribution >= 4 is 35.8 Å². The number of nitrogens with zero attached hydrogens (tertiary/aromatic N) is 3. The van der Waals surface area contributed by atoms with E-state index in [-0.39, 0.29) is 36.4 Å². The van der Waals surface area contributed by atoms with E-state index < -0.39 is 0 Å². The second-order valence-electron chi connectivity index (χ2n) is 6.64. The second kappa shape index (κ2) is 12.1. The normalized spacial score (nSPS) is 17.0. The Balaban J connectivity index is 0.00000338. The molecule has 0 spiro atoms. The molecule has 1 N–H and O–H groups in total. The molecule has 0 radical (unpaired) electrons. The molecule has 0 saturated carbocycles. The summed E-state index contributed by atoms with van der Waals surface area (Å²) in [6.45, 7) is 3.39. The number of hydrogen-bond acceptors (Lipinski definition) is 3. The standard InChI is InChI=1S/C19H30N4O2.HI/c1-22(2)18(24)14-21-19(20-10-12-25-3)23-11-9-17(15-23)13-16-7-5-4-6-8-16;/h4-8,17H,9-15H2,1-3H3,(H,20,21);1H. The Morgan fingerprint density at radius 3 is 2.73 bits per heavy atom. The third-order valence-corrected chi connectivity index (χ3v) is 4.40. The van der Waals surface area contributed by atoms with Gasteiger partial charge in [0.05, 0.1) is 6.61 Å². The molecule has 0 aliphatic carbocycles. The molecule has 7 heteroatoms. The number of likely N-dealkylation sites (tertiary alicyclic amines) is 1. The minimum Gasteiger partial charge on any atom is -0.383 e. The maximum atomic E-state index is 11.8. The summed E-state index contributed by atoms with van der Waals surface area (Å²) in [4.78, 5) is 20.2. The van der Waals surface area contributed by atoms with Crippen LogP contribution in [0.25, 0.3) is 0 Å². The van der Waals surface area contributed by atoms with E-state index in [1.807, 2.05) is 0 Å². The molecule has 26 heavy (non-hydrogen) atoms. The van der Waals surface area contributed by atoms with Gasteiger partial charge < -0.3 is 19.9 Å². The highest BCUT2D eigenvalue weighted by molar-refractivity contribution is 14.0. The van der Waals surface area contributed by atoms with Gasteiger partial charge in [-0.3, -0.25) is 4.79 Å². The van der Waals surface area contributed by atoms with E-state index in [0.717, 1.165) is 31.9 Å². The predicted octanol–water partition coefficient (Wildman–Crippen LogP) is 1.85. The van der Waals surface area contributed by atoms with Crippen molar-refractivity contribution in [1.29, 1.82) is 0 Å². The van der Waals surface area contributed by atoms with Crippen LogP contribution in [0.15, 0.2) is 35.3 Å². The summed E-state index contributed by atoms with van der Waals surface area (Å²) < 4.78 is 5.11. The number of guanidine groups is 1. The average molecular weight is 474 g/mol. The Hall–Kier alpha value is -1.35. The molecule has 2 rings (SSSR count). The number of hydrogen-bond donors (Lipinski definition) is 1. The number of aliphatic imine (C=N–C) groups is 1. The van der Waals surface area contributed by atoms with Gasteiger partial charge in [0.2, 0.25) is 5.91 Å². The molecule has 1 aromatic rings. The smallest absolute Gasteiger partial charge is 0.243 e. The van der Waals surface area contributed by atoms with Crippen molar-refractivity contribution in [3.63, 3.8) is 0 Å². The van der Waals surface area contributed by atoms with Crippen molar-refractivity contribution in [3.8, 4) is 0 Å². The zero-order chi connectivity index (χ0) is 18.1. The molecule has 0 bridgehead atoms. The van der Waals surface area contributed by atoms with Crippen LogP contribution >= 0.6 is 24.0 Å². The first-order valence-corrected chi connectivity index (χ1v) is 8.86. The van der Waals surface area contributed by atoms with Crippen molar-refractivity contribution < 1.29 is 9.53 Å². The highest BCUT2D eigenvalue weighted by Gasteiger charge is 2.25. The molecule has 1 aliphatic heterocycles. The molecule has 1 fully saturated rings. The Bertz CT molecular complexity index is 566. The molecule has 1 heterocycles. The number of amides is 1. The van der Waals surface area contributed by atoms with Crippen LogP contribution in [0.5, 0.6) is 0 Å². The quantitative estimate of drug-likeness (QED) is 0.284. The van der Waals surface area contributed by atoms with E-state index in [9.17, 15) is 4.79 Å². The lowest BCUT2D eigenvalue weighted by Gasteiger charge is -2.22. The van der Waals surface area contributed by atoms with Gasteiger partial charge >= 0.3 is 0 Å². The van der Waals surface area contributed by atoms with Gasteiger partial charge in [-0.05, 0) is 24.3 Å². The molecule has 1 saturated heterocycles. The number of rotatable bonds is 7. The summed E-state index contributed by atoms with van der Waals surface area (Å²) in [6.07, 6.45) is 2.22. The number of carbonyl (C=O) groups is 1. The van der Waals surface area contributed by atoms with Gasteiger partial charge in [-0.1, -0.05) is 30.3 Å². The zero-order valence-electron chi connectivity index (χ0n) is 16.0. The number of halogens is 1. The first-order chi connectivity index (χ1) is 12.1. The van der Waals surface area contributed by atoms with Crippen LogP contribution in [-0.4, -0.2) is 75.7 Å². The minimum absolute atomic E-state index is 0. The molecule has 1 amide bonds. The van der Waals surface area contributed by atoms with E-state index in [1.54, 1.807) is 26.1 Å². The van der Waals surface area contributed by atoms with Gasteiger partial charge in [0.1, 0.15) is 6.54 Å². The van der Waals surface area contributed by atoms with E-state index in [4.69, 9.17) is 4.74 Å². The number of benzene rings is 1. The molecule has 1 unspecified atom stereocenters. The van der Waals surface area contributed by atoms with Gasteiger partial charge in [-0.15, -0.1) is 24.0 Å². The summed E-state index contributed by atoms with van der Waals surface area (Å²) in [6, 6.07) is 10.6. The Labute approximate surface area is 174 Å². The van der Waals surface area contributed by atoms with Crippen LogP contribution in [0.3, 0.4) is 0 Å². The lowest BCUT2D eigenvalue weighted by Crippen LogP contribution is -2.42. The predicted molar refractivity (Wildman–Crippen MR) is 116 cm³/mol. The Kier molecular flexibility index (Phi) is 10.6. The van der Waals surface area contributed by atoms with Gasteiger partial charge in [0.15, 0.2) is 5.96 Å². The topological polar surface area (TPSA) is 57.2 Å². The number of ether oxygens (including phenoxy) is 1. The van der Waals surface area contributed by atoms with Crippen molar-refractivity contribution in [3.05, 3.63) is 35.9 Å². The molecular formula is C19H31IN4O2. The van der Waals surface area contributed by atoms with Crippen molar-refractivity contribution in [1.82, 2.24) is 15.1 Å². The first-order valence-electron chi connectivity index (χ1n) is 8.86. The van der Waals surface area contributed by atoms with Crippen molar-refractivity contribution in [2.75, 3.05) is 54.0 Å². The molecular weight excluding hydrogens is 443 g/mol. The maximum Gasteiger partial charge on any atom is 0.243 e. The summed E-state index contributed by atoms with van der Waals surface area (Å²) in [5, 5.41) is 3.32. The minimum atomic E-state index is 0. The molecule has 1 aromatic carbocycles. The van der Waals surface area contributed by atoms with Crippen LogP contribution in [0.1, 0.15) is 12.0 Å². The largest absolute Gasteiger partial charge is 0.383 e. The molecule has 1 aliphatic rings. The highest BCUT2D eigenvalue weighted by Crippen LogP contribution is 2.20. The number of methoxy groups -OCH3 is 1. The zero-order valence-corrected chi connectivity index (χ0v) is 18.3. The van der Waals surface area contributed by atoms with Crippen molar-refractivity contribution in [2.24, 2.45) is 10.9 Å². The summed E-state index contributed by atoms with van der Waals surface area (Å²) in [5.74, 6) is 1.43. The fourth-order valence-corrected chi connectivity index (χ4v) is 2.96. The van der Waals surface area contributed by atoms with E-state index >= 15 is 0 Å². The SMILES string of the molecule is COCCNC(=NCC(=O)N(C)C)N1CCC(Cc2ccccc2)C1.I. The summed E-state index contributed by atoms with van der Waals surface area (Å²) in [5.41, 5.74) is 1.38. The average Bonchev–Trinajstić information content (AvgIpc) is 3.06. The fraction of sp³-hybridized carbons (Fsp3) is 0.579. The van der Waals surface area contributed by atoms with Crippen molar-refractivity contribution in [2.45, 2.75) is 12.8 Å². The summed E-state index contributed by atoms with van der Waals surface area (Å²) in [7, 11) is 5.18. The van der Waals surface area contributed by atoms with E-state index in [1.165, 1.54) is 5.56 Å². The maximum absolute atomic E-state index is 11.8. The molecule has 6 nitrogen and oxygen atoms in total. The van der Waals surface area contributed by atoms with Gasteiger partial charge in [-0.2, -0.15) is 0 Å². The first kappa shape index (κ1) is 22.7. The fourth-order valence-electron chi connectivity index (χ4n) is 2.96. The third-order valence-electron chi connectivity index (χ3n) is 4.40. The molecule has 146 valence electrons. The second-order valence-corrected chi connectivity index (χ2v) is 6.64. The monoisotopic (exact) mass is 474 g/mol. The number of likely N-dealkylation sites (N-methyl/N-ethyl adjacent to an activating group) is 1. The summed E-state index contributed by atoms with van der Waals surface area (Å²) >= 11 is 0. The number of carbonyl (C=O) groups excluding carboxylic acids is 1. The Morgan fingerprint density at radius 2 is 2.08 bits per heavy atom. The third kappa shape index (κ3) is 7.49. The lowest BCUT2D eigenvalue weighted by molar-refractivity contribution is -0.127. The van der Waals surface area contributed by atoms with Crippen LogP contribution < -0.4 is 5.32 Å². The van der Waals surface area contributed by atoms with E-state index in [0.29, 0.717) is 19.1 Å². The van der Waals surface area contributed by atoms with Gasteiger partial charge in [-0.25, -0.2) is 4.99 Å². The molecule has 1 atom stereocenters. The highest BCUT2D eigenvalue weighted by atomic mass is 127. The number of nitrogens with one attached hydrogen (secondary N) is 1. The Morgan fingerprint density at radius 1 is 1.35 bits per heavy atom. The lowest BCUT2D eigenvalue weighted by atomic mass is 9.99. The molecule has 0 aromatic heterocycles. The van der Waals surface area contributed by atoms with Crippen LogP contribution in [0, 0.1) is 5.92 Å². The van der Waals surface area contributed by atoms with Crippen LogP contribution in [0.2, 0.25) is 0 Å². The van der Waals surface area contributed by atoms with Crippen LogP contribution in [-0.2, 0) is 16.0 Å². The van der Waals surface area contributed by atoms with Gasteiger partial charge in [0.25, 0.3) is 0 Å². The van der Waals surface area contributed by atoms with Gasteiger partial charge in [0, 0.05) is 40.8 Å². The van der Waals surface area contributed by atoms with Crippen LogP contribution in [0.4, 0.5) is 0 Å². The van der Waals surface area contributed by atoms with E-state index in [2.05, 4.69) is 45.5 Å².